The highest BCUT2D eigenvalue weighted by Crippen LogP contribution is 2.65. The summed E-state index contributed by atoms with van der Waals surface area (Å²) in [6, 6.07) is 82.2. The van der Waals surface area contributed by atoms with Gasteiger partial charge in [0.05, 0.1) is 11.1 Å². The average molecular weight is 776 g/mol. The first-order valence-corrected chi connectivity index (χ1v) is 21.1. The van der Waals surface area contributed by atoms with Gasteiger partial charge < -0.3 is 9.64 Å². The van der Waals surface area contributed by atoms with E-state index in [4.69, 9.17) is 4.74 Å². The van der Waals surface area contributed by atoms with E-state index in [1.54, 1.807) is 0 Å². The Morgan fingerprint density at radius 2 is 0.836 bits per heavy atom. The van der Waals surface area contributed by atoms with E-state index in [0.717, 1.165) is 39.3 Å². The minimum atomic E-state index is -0.597. The molecule has 1 aliphatic heterocycles. The second kappa shape index (κ2) is 13.0. The molecule has 0 aromatic heterocycles. The maximum atomic E-state index is 7.19. The van der Waals surface area contributed by atoms with Gasteiger partial charge in [-0.25, -0.2) is 0 Å². The molecular weight excluding hydrogens is 739 g/mol. The molecule has 1 heterocycles. The first-order valence-electron chi connectivity index (χ1n) is 21.1. The summed E-state index contributed by atoms with van der Waals surface area (Å²) in [5.74, 6) is 1.86. The van der Waals surface area contributed by atoms with Gasteiger partial charge in [-0.3, -0.25) is 0 Å². The van der Waals surface area contributed by atoms with Gasteiger partial charge in [-0.2, -0.15) is 0 Å². The van der Waals surface area contributed by atoms with E-state index in [2.05, 4.69) is 229 Å². The van der Waals surface area contributed by atoms with Gasteiger partial charge in [0.2, 0.25) is 0 Å². The third-order valence-corrected chi connectivity index (χ3v) is 13.3. The molecule has 0 fully saturated rings. The van der Waals surface area contributed by atoms with Crippen molar-refractivity contribution < 1.29 is 4.74 Å². The van der Waals surface area contributed by atoms with Gasteiger partial charge in [0, 0.05) is 38.7 Å². The molecule has 1 spiro atoms. The van der Waals surface area contributed by atoms with Gasteiger partial charge in [0.15, 0.2) is 0 Å². The standard InChI is InChI=1S/C59H37NO/c1-2-17-43-37-45(34-27-38(43)13-1)60(55-26-11-18-39-14-3-6-19-46(39)55)44-32-28-42(29-33-44)47-23-12-25-52-56(47)50-22-9-10-24-51(50)59(52)53-35-30-40-15-4-7-20-48(40)57(53)61-58-49-21-8-5-16-41(49)31-36-54(58)59/h1-37H. The summed E-state index contributed by atoms with van der Waals surface area (Å²) in [6.07, 6.45) is 0. The van der Waals surface area contributed by atoms with Crippen LogP contribution in [0.1, 0.15) is 22.3 Å². The van der Waals surface area contributed by atoms with E-state index < -0.39 is 5.41 Å². The quantitative estimate of drug-likeness (QED) is 0.177. The lowest BCUT2D eigenvalue weighted by atomic mass is 9.65. The lowest BCUT2D eigenvalue weighted by Crippen LogP contribution is -2.32. The number of benzene rings is 11. The highest BCUT2D eigenvalue weighted by molar-refractivity contribution is 6.03. The maximum absolute atomic E-state index is 7.19. The second-order valence-electron chi connectivity index (χ2n) is 16.4. The topological polar surface area (TPSA) is 12.5 Å². The summed E-state index contributed by atoms with van der Waals surface area (Å²) in [7, 11) is 0. The van der Waals surface area contributed by atoms with Crippen LogP contribution in [0.15, 0.2) is 224 Å². The largest absolute Gasteiger partial charge is 0.455 e. The summed E-state index contributed by atoms with van der Waals surface area (Å²) in [5.41, 5.74) is 12.6. The van der Waals surface area contributed by atoms with E-state index in [9.17, 15) is 0 Å². The van der Waals surface area contributed by atoms with Crippen molar-refractivity contribution in [2.24, 2.45) is 0 Å². The fourth-order valence-corrected chi connectivity index (χ4v) is 10.6. The van der Waals surface area contributed by atoms with Crippen LogP contribution in [0.5, 0.6) is 11.5 Å². The smallest absolute Gasteiger partial charge is 0.140 e. The fraction of sp³-hybridized carbons (Fsp3) is 0.0169. The van der Waals surface area contributed by atoms with Gasteiger partial charge in [0.1, 0.15) is 11.5 Å². The monoisotopic (exact) mass is 775 g/mol. The Bertz CT molecular complexity index is 3490. The minimum absolute atomic E-state index is 0.597. The summed E-state index contributed by atoms with van der Waals surface area (Å²) in [4.78, 5) is 2.41. The van der Waals surface area contributed by atoms with Crippen molar-refractivity contribution in [3.8, 4) is 33.8 Å². The van der Waals surface area contributed by atoms with E-state index in [0.29, 0.717) is 0 Å². The zero-order chi connectivity index (χ0) is 40.1. The summed E-state index contributed by atoms with van der Waals surface area (Å²) < 4.78 is 7.19. The molecule has 2 heteroatoms. The predicted molar refractivity (Wildman–Crippen MR) is 254 cm³/mol. The Morgan fingerprint density at radius 3 is 1.56 bits per heavy atom. The van der Waals surface area contributed by atoms with Gasteiger partial charge in [0.25, 0.3) is 0 Å². The summed E-state index contributed by atoms with van der Waals surface area (Å²) in [5, 5.41) is 9.45. The lowest BCUT2D eigenvalue weighted by Gasteiger charge is -2.40. The highest BCUT2D eigenvalue weighted by Gasteiger charge is 2.52. The number of hydrogen-bond acceptors (Lipinski definition) is 2. The maximum Gasteiger partial charge on any atom is 0.140 e. The molecule has 0 unspecified atom stereocenters. The van der Waals surface area contributed by atoms with Gasteiger partial charge in [-0.15, -0.1) is 0 Å². The molecule has 13 rings (SSSR count). The van der Waals surface area contributed by atoms with Crippen LogP contribution in [-0.2, 0) is 5.41 Å². The van der Waals surface area contributed by atoms with Crippen molar-refractivity contribution >= 4 is 60.2 Å². The number of hydrogen-bond donors (Lipinski definition) is 0. The summed E-state index contributed by atoms with van der Waals surface area (Å²) in [6.45, 7) is 0. The minimum Gasteiger partial charge on any atom is -0.455 e. The molecule has 61 heavy (non-hydrogen) atoms. The first kappa shape index (κ1) is 34.0. The normalized spacial score (nSPS) is 13.2. The van der Waals surface area contributed by atoms with E-state index in [-0.39, 0.29) is 0 Å². The Balaban J connectivity index is 1.03. The van der Waals surface area contributed by atoms with Crippen molar-refractivity contribution in [3.63, 3.8) is 0 Å². The Labute approximate surface area is 354 Å². The Kier molecular flexibility index (Phi) is 7.26. The molecule has 0 saturated heterocycles. The van der Waals surface area contributed by atoms with Crippen LogP contribution in [0, 0.1) is 0 Å². The molecule has 0 N–H and O–H groups in total. The van der Waals surface area contributed by atoms with Crippen LogP contribution in [0.2, 0.25) is 0 Å². The predicted octanol–water partition coefficient (Wildman–Crippen LogP) is 15.9. The number of nitrogens with zero attached hydrogens (tertiary/aromatic N) is 1. The van der Waals surface area contributed by atoms with Crippen LogP contribution in [0.25, 0.3) is 65.3 Å². The molecule has 0 radical (unpaired) electrons. The molecule has 284 valence electrons. The molecule has 1 aliphatic carbocycles. The lowest BCUT2D eigenvalue weighted by molar-refractivity contribution is 0.447. The van der Waals surface area contributed by atoms with Crippen molar-refractivity contribution in [2.45, 2.75) is 5.41 Å². The van der Waals surface area contributed by atoms with Gasteiger partial charge in [-0.1, -0.05) is 194 Å². The second-order valence-corrected chi connectivity index (χ2v) is 16.4. The van der Waals surface area contributed by atoms with Crippen LogP contribution < -0.4 is 9.64 Å². The van der Waals surface area contributed by atoms with E-state index >= 15 is 0 Å². The third kappa shape index (κ3) is 4.85. The van der Waals surface area contributed by atoms with Crippen molar-refractivity contribution in [1.29, 1.82) is 0 Å². The zero-order valence-electron chi connectivity index (χ0n) is 33.2. The Morgan fingerprint density at radius 1 is 0.328 bits per heavy atom. The summed E-state index contributed by atoms with van der Waals surface area (Å²) >= 11 is 0. The number of rotatable bonds is 4. The van der Waals surface area contributed by atoms with E-state index in [1.165, 1.54) is 76.8 Å². The van der Waals surface area contributed by atoms with Crippen molar-refractivity contribution in [3.05, 3.63) is 247 Å². The van der Waals surface area contributed by atoms with Crippen LogP contribution in [0.4, 0.5) is 17.1 Å². The molecule has 2 aliphatic rings. The number of anilines is 3. The van der Waals surface area contributed by atoms with Crippen molar-refractivity contribution in [1.82, 2.24) is 0 Å². The third-order valence-electron chi connectivity index (χ3n) is 13.3. The van der Waals surface area contributed by atoms with Gasteiger partial charge in [-0.05, 0) is 90.6 Å². The van der Waals surface area contributed by atoms with E-state index in [1.807, 2.05) is 0 Å². The Hall–Kier alpha value is -7.94. The van der Waals surface area contributed by atoms with Crippen LogP contribution in [-0.4, -0.2) is 0 Å². The number of ether oxygens (including phenoxy) is 1. The molecule has 2 nitrogen and oxygen atoms in total. The van der Waals surface area contributed by atoms with Crippen molar-refractivity contribution in [2.75, 3.05) is 4.90 Å². The molecule has 11 aromatic carbocycles. The number of fused-ring (bicyclic) bond motifs is 15. The molecule has 0 saturated carbocycles. The molecular formula is C59H37NO. The zero-order valence-corrected chi connectivity index (χ0v) is 33.2. The van der Waals surface area contributed by atoms with Gasteiger partial charge >= 0.3 is 0 Å². The molecule has 0 amide bonds. The molecule has 0 atom stereocenters. The average Bonchev–Trinajstić information content (AvgIpc) is 3.62. The first-order chi connectivity index (χ1) is 30.3. The molecule has 11 aromatic rings. The fourth-order valence-electron chi connectivity index (χ4n) is 10.6. The van der Waals surface area contributed by atoms with Crippen LogP contribution >= 0.6 is 0 Å². The molecule has 0 bridgehead atoms. The SMILES string of the molecule is c1ccc2c(c1)-c1c(-c3ccc(N(c4ccc5ccccc5c4)c4cccc5ccccc45)cc3)cccc1C21c2ccc3ccccc3c2Oc2c1ccc1ccccc21. The highest BCUT2D eigenvalue weighted by atomic mass is 16.5. The van der Waals surface area contributed by atoms with Crippen LogP contribution in [0.3, 0.4) is 0 Å².